The van der Waals surface area contributed by atoms with Crippen molar-refractivity contribution in [3.63, 3.8) is 0 Å². The molecule has 0 aliphatic rings. The number of aromatic nitrogens is 4. The second-order valence-electron chi connectivity index (χ2n) is 6.57. The molecule has 8 heteroatoms. The Morgan fingerprint density at radius 2 is 1.83 bits per heavy atom. The maximum Gasteiger partial charge on any atom is 0.230 e. The van der Waals surface area contributed by atoms with Crippen molar-refractivity contribution in [2.45, 2.75) is 11.6 Å². The van der Waals surface area contributed by atoms with E-state index < -0.39 is 0 Å². The van der Waals surface area contributed by atoms with E-state index in [1.807, 2.05) is 66.7 Å². The molecule has 0 unspecified atom stereocenters. The molecule has 0 saturated heterocycles. The van der Waals surface area contributed by atoms with Crippen LogP contribution in [0.5, 0.6) is 5.75 Å². The smallest absolute Gasteiger partial charge is 0.230 e. The Labute approximate surface area is 178 Å². The number of methoxy groups -OCH3 is 1. The van der Waals surface area contributed by atoms with E-state index in [4.69, 9.17) is 4.74 Å². The molecule has 30 heavy (non-hydrogen) atoms. The molecule has 2 heterocycles. The number of hydrogen-bond acceptors (Lipinski definition) is 6. The molecule has 0 fully saturated rings. The van der Waals surface area contributed by atoms with E-state index in [0.717, 1.165) is 29.0 Å². The number of nitrogens with one attached hydrogen (secondary N) is 1. The molecule has 1 amide bonds. The highest BCUT2D eigenvalue weighted by molar-refractivity contribution is 7.99. The van der Waals surface area contributed by atoms with Gasteiger partial charge >= 0.3 is 0 Å². The van der Waals surface area contributed by atoms with Crippen LogP contribution in [0.4, 0.5) is 0 Å². The van der Waals surface area contributed by atoms with Gasteiger partial charge in [0.2, 0.25) is 11.1 Å². The second-order valence-corrected chi connectivity index (χ2v) is 7.52. The topological polar surface area (TPSA) is 81.4 Å². The first-order chi connectivity index (χ1) is 14.7. The second kappa shape index (κ2) is 9.41. The molecule has 2 aromatic carbocycles. The van der Waals surface area contributed by atoms with Crippen molar-refractivity contribution in [1.82, 2.24) is 25.1 Å². The summed E-state index contributed by atoms with van der Waals surface area (Å²) in [6.07, 6.45) is 0.760. The average Bonchev–Trinajstić information content (AvgIpc) is 3.21. The summed E-state index contributed by atoms with van der Waals surface area (Å²) in [4.78, 5) is 12.2. The molecule has 152 valence electrons. The number of carbonyl (C=O) groups is 1. The van der Waals surface area contributed by atoms with Crippen LogP contribution >= 0.6 is 11.8 Å². The molecule has 0 radical (unpaired) electrons. The Hall–Kier alpha value is -3.39. The quantitative estimate of drug-likeness (QED) is 0.442. The predicted octanol–water partition coefficient (Wildman–Crippen LogP) is 3.25. The minimum Gasteiger partial charge on any atom is -0.497 e. The van der Waals surface area contributed by atoms with Crippen LogP contribution in [0, 0.1) is 0 Å². The standard InChI is InChI=1S/C22H21N5O2S/c1-29-18-9-7-16(8-10-18)13-14-23-21(28)15-30-22-25-24-20-12-11-19(26-27(20)22)17-5-3-2-4-6-17/h2-12H,13-15H2,1H3,(H,23,28). The highest BCUT2D eigenvalue weighted by Gasteiger charge is 2.11. The third-order valence-corrected chi connectivity index (χ3v) is 5.45. The van der Waals surface area contributed by atoms with Gasteiger partial charge in [0.25, 0.3) is 0 Å². The molecule has 2 aromatic heterocycles. The molecule has 0 aliphatic carbocycles. The SMILES string of the molecule is COc1ccc(CCNC(=O)CSc2nnc3ccc(-c4ccccc4)nn23)cc1. The number of hydrogen-bond donors (Lipinski definition) is 1. The Bertz CT molecular complexity index is 1130. The van der Waals surface area contributed by atoms with Crippen molar-refractivity contribution in [1.29, 1.82) is 0 Å². The van der Waals surface area contributed by atoms with Crippen LogP contribution < -0.4 is 10.1 Å². The number of carbonyl (C=O) groups excluding carboxylic acids is 1. The number of thioether (sulfide) groups is 1. The van der Waals surface area contributed by atoms with Gasteiger partial charge in [-0.1, -0.05) is 54.2 Å². The predicted molar refractivity (Wildman–Crippen MR) is 117 cm³/mol. The monoisotopic (exact) mass is 419 g/mol. The summed E-state index contributed by atoms with van der Waals surface area (Å²) in [6.45, 7) is 0.572. The zero-order valence-electron chi connectivity index (χ0n) is 16.5. The molecule has 4 rings (SSSR count). The molecule has 7 nitrogen and oxygen atoms in total. The first kappa shape index (κ1) is 19.9. The number of amides is 1. The summed E-state index contributed by atoms with van der Waals surface area (Å²) in [7, 11) is 1.64. The van der Waals surface area contributed by atoms with E-state index in [9.17, 15) is 4.79 Å². The van der Waals surface area contributed by atoms with Gasteiger partial charge in [0.15, 0.2) is 5.65 Å². The summed E-state index contributed by atoms with van der Waals surface area (Å²) in [5.74, 6) is 1.02. The molecular weight excluding hydrogens is 398 g/mol. The summed E-state index contributed by atoms with van der Waals surface area (Å²) in [5, 5.41) is 16.5. The molecule has 0 saturated carbocycles. The Balaban J connectivity index is 1.33. The van der Waals surface area contributed by atoms with E-state index in [0.29, 0.717) is 17.3 Å². The summed E-state index contributed by atoms with van der Waals surface area (Å²) in [6, 6.07) is 21.5. The maximum atomic E-state index is 12.2. The van der Waals surface area contributed by atoms with E-state index in [1.54, 1.807) is 11.6 Å². The summed E-state index contributed by atoms with van der Waals surface area (Å²) < 4.78 is 6.83. The van der Waals surface area contributed by atoms with Crippen molar-refractivity contribution in [3.8, 4) is 17.0 Å². The fourth-order valence-electron chi connectivity index (χ4n) is 2.94. The lowest BCUT2D eigenvalue weighted by Crippen LogP contribution is -2.27. The largest absolute Gasteiger partial charge is 0.497 e. The number of benzene rings is 2. The highest BCUT2D eigenvalue weighted by Crippen LogP contribution is 2.20. The van der Waals surface area contributed by atoms with Crippen molar-refractivity contribution in [2.24, 2.45) is 0 Å². The van der Waals surface area contributed by atoms with Gasteiger partial charge in [-0.3, -0.25) is 4.79 Å². The van der Waals surface area contributed by atoms with Gasteiger partial charge in [0, 0.05) is 12.1 Å². The molecular formula is C22H21N5O2S. The molecule has 0 atom stereocenters. The lowest BCUT2D eigenvalue weighted by molar-refractivity contribution is -0.118. The van der Waals surface area contributed by atoms with Crippen LogP contribution in [0.2, 0.25) is 0 Å². The summed E-state index contributed by atoms with van der Waals surface area (Å²) >= 11 is 1.32. The Kier molecular flexibility index (Phi) is 6.24. The van der Waals surface area contributed by atoms with Crippen molar-refractivity contribution in [3.05, 3.63) is 72.3 Å². The van der Waals surface area contributed by atoms with Gasteiger partial charge in [-0.05, 0) is 36.2 Å². The zero-order valence-corrected chi connectivity index (χ0v) is 17.3. The minimum atomic E-state index is -0.0514. The summed E-state index contributed by atoms with van der Waals surface area (Å²) in [5.41, 5.74) is 3.64. The third-order valence-electron chi connectivity index (χ3n) is 4.53. The lowest BCUT2D eigenvalue weighted by atomic mass is 10.1. The van der Waals surface area contributed by atoms with Crippen LogP contribution in [0.25, 0.3) is 16.9 Å². The molecule has 1 N–H and O–H groups in total. The third kappa shape index (κ3) is 4.77. The van der Waals surface area contributed by atoms with Crippen LogP contribution in [0.15, 0.2) is 71.9 Å². The van der Waals surface area contributed by atoms with E-state index in [2.05, 4.69) is 20.6 Å². The molecule has 0 spiro atoms. The minimum absolute atomic E-state index is 0.0514. The zero-order chi connectivity index (χ0) is 20.8. The number of ether oxygens (including phenoxy) is 1. The van der Waals surface area contributed by atoms with Gasteiger partial charge < -0.3 is 10.1 Å². The molecule has 4 aromatic rings. The van der Waals surface area contributed by atoms with Crippen molar-refractivity contribution in [2.75, 3.05) is 19.4 Å². The fraction of sp³-hybridized carbons (Fsp3) is 0.182. The molecule has 0 bridgehead atoms. The lowest BCUT2D eigenvalue weighted by Gasteiger charge is -2.06. The number of nitrogens with zero attached hydrogens (tertiary/aromatic N) is 4. The normalized spacial score (nSPS) is 10.8. The fourth-order valence-corrected chi connectivity index (χ4v) is 3.66. The number of fused-ring (bicyclic) bond motifs is 1. The highest BCUT2D eigenvalue weighted by atomic mass is 32.2. The molecule has 0 aliphatic heterocycles. The number of rotatable bonds is 8. The Morgan fingerprint density at radius 3 is 2.60 bits per heavy atom. The van der Waals surface area contributed by atoms with E-state index >= 15 is 0 Å². The van der Waals surface area contributed by atoms with Crippen molar-refractivity contribution >= 4 is 23.3 Å². The van der Waals surface area contributed by atoms with Crippen LogP contribution in [-0.2, 0) is 11.2 Å². The first-order valence-corrected chi connectivity index (χ1v) is 10.5. The van der Waals surface area contributed by atoms with Crippen molar-refractivity contribution < 1.29 is 9.53 Å². The Morgan fingerprint density at radius 1 is 1.03 bits per heavy atom. The first-order valence-electron chi connectivity index (χ1n) is 9.53. The van der Waals surface area contributed by atoms with E-state index in [-0.39, 0.29) is 11.7 Å². The van der Waals surface area contributed by atoms with Gasteiger partial charge in [-0.25, -0.2) is 0 Å². The maximum absolute atomic E-state index is 12.2. The van der Waals surface area contributed by atoms with Gasteiger partial charge in [0.05, 0.1) is 18.6 Å². The van der Waals surface area contributed by atoms with Crippen LogP contribution in [-0.4, -0.2) is 45.1 Å². The van der Waals surface area contributed by atoms with Gasteiger partial charge in [-0.15, -0.1) is 10.2 Å². The van der Waals surface area contributed by atoms with E-state index in [1.165, 1.54) is 11.8 Å². The van der Waals surface area contributed by atoms with Crippen LogP contribution in [0.1, 0.15) is 5.56 Å². The van der Waals surface area contributed by atoms with Crippen LogP contribution in [0.3, 0.4) is 0 Å². The van der Waals surface area contributed by atoms with Gasteiger partial charge in [0.1, 0.15) is 5.75 Å². The van der Waals surface area contributed by atoms with Gasteiger partial charge in [-0.2, -0.15) is 9.61 Å². The average molecular weight is 420 g/mol.